The van der Waals surface area contributed by atoms with Gasteiger partial charge in [-0.15, -0.1) is 0 Å². The molecule has 0 bridgehead atoms. The zero-order chi connectivity index (χ0) is 11.1. The van der Waals surface area contributed by atoms with Crippen LogP contribution in [0.15, 0.2) is 30.3 Å². The van der Waals surface area contributed by atoms with E-state index < -0.39 is 0 Å². The first kappa shape index (κ1) is 12.2. The average Bonchev–Trinajstić information content (AvgIpc) is 2.18. The van der Waals surface area contributed by atoms with Crippen LogP contribution in [-0.4, -0.2) is 38.2 Å². The van der Waals surface area contributed by atoms with Gasteiger partial charge in [-0.1, -0.05) is 30.3 Å². The van der Waals surface area contributed by atoms with E-state index in [1.807, 2.05) is 32.3 Å². The van der Waals surface area contributed by atoms with Gasteiger partial charge in [0.05, 0.1) is 13.2 Å². The molecule has 0 saturated heterocycles. The van der Waals surface area contributed by atoms with Crippen molar-refractivity contribution in [3.05, 3.63) is 35.9 Å². The van der Waals surface area contributed by atoms with Crippen LogP contribution in [0.4, 0.5) is 0 Å². The lowest BCUT2D eigenvalue weighted by molar-refractivity contribution is 0.101. The first-order valence-electron chi connectivity index (χ1n) is 5.20. The highest BCUT2D eigenvalue weighted by Gasteiger charge is 2.03. The molecule has 0 spiro atoms. The Morgan fingerprint density at radius 1 is 1.27 bits per heavy atom. The zero-order valence-electron chi connectivity index (χ0n) is 9.52. The van der Waals surface area contributed by atoms with Crippen LogP contribution in [0.3, 0.4) is 0 Å². The minimum atomic E-state index is 0.0868. The number of nitrogens with zero attached hydrogens (tertiary/aromatic N) is 1. The maximum Gasteiger partial charge on any atom is 0.0717 e. The molecule has 1 atom stereocenters. The van der Waals surface area contributed by atoms with Crippen molar-refractivity contribution in [3.8, 4) is 0 Å². The molecule has 0 heterocycles. The summed E-state index contributed by atoms with van der Waals surface area (Å²) in [7, 11) is 4.02. The van der Waals surface area contributed by atoms with Crippen LogP contribution >= 0.6 is 0 Å². The summed E-state index contributed by atoms with van der Waals surface area (Å²) in [5.41, 5.74) is 7.06. The van der Waals surface area contributed by atoms with E-state index in [2.05, 4.69) is 17.0 Å². The van der Waals surface area contributed by atoms with Gasteiger partial charge in [0.25, 0.3) is 0 Å². The predicted molar refractivity (Wildman–Crippen MR) is 62.6 cm³/mol. The number of hydrogen-bond acceptors (Lipinski definition) is 3. The van der Waals surface area contributed by atoms with Gasteiger partial charge in [0, 0.05) is 12.6 Å². The molecule has 2 N–H and O–H groups in total. The highest BCUT2D eigenvalue weighted by atomic mass is 16.5. The minimum absolute atomic E-state index is 0.0868. The number of nitrogens with two attached hydrogens (primary N) is 1. The summed E-state index contributed by atoms with van der Waals surface area (Å²) in [6.45, 7) is 2.10. The predicted octanol–water partition coefficient (Wildman–Crippen LogP) is 1.09. The van der Waals surface area contributed by atoms with Gasteiger partial charge in [-0.2, -0.15) is 0 Å². The summed E-state index contributed by atoms with van der Waals surface area (Å²) < 4.78 is 5.53. The molecule has 0 amide bonds. The molecule has 0 aliphatic rings. The normalized spacial score (nSPS) is 13.1. The zero-order valence-corrected chi connectivity index (χ0v) is 9.52. The monoisotopic (exact) mass is 208 g/mol. The Morgan fingerprint density at radius 2 is 1.93 bits per heavy atom. The molecule has 1 aromatic rings. The van der Waals surface area contributed by atoms with Crippen LogP contribution in [-0.2, 0) is 11.3 Å². The highest BCUT2D eigenvalue weighted by molar-refractivity contribution is 5.13. The van der Waals surface area contributed by atoms with E-state index in [-0.39, 0.29) is 6.04 Å². The van der Waals surface area contributed by atoms with Crippen LogP contribution in [0.1, 0.15) is 5.56 Å². The van der Waals surface area contributed by atoms with Crippen LogP contribution in [0, 0.1) is 0 Å². The molecule has 15 heavy (non-hydrogen) atoms. The smallest absolute Gasteiger partial charge is 0.0717 e. The third-order valence-corrected chi connectivity index (χ3v) is 2.04. The molecule has 0 fully saturated rings. The molecule has 0 radical (unpaired) electrons. The van der Waals surface area contributed by atoms with E-state index in [9.17, 15) is 0 Å². The summed E-state index contributed by atoms with van der Waals surface area (Å²) in [5.74, 6) is 0. The molecule has 0 aliphatic carbocycles. The van der Waals surface area contributed by atoms with Crippen LogP contribution < -0.4 is 5.73 Å². The number of likely N-dealkylation sites (N-methyl/N-ethyl adjacent to an activating group) is 1. The molecule has 3 heteroatoms. The lowest BCUT2D eigenvalue weighted by Gasteiger charge is -2.16. The van der Waals surface area contributed by atoms with Gasteiger partial charge >= 0.3 is 0 Å². The van der Waals surface area contributed by atoms with Crippen LogP contribution in [0.5, 0.6) is 0 Å². The van der Waals surface area contributed by atoms with Crippen molar-refractivity contribution in [2.24, 2.45) is 5.73 Å². The van der Waals surface area contributed by atoms with E-state index in [4.69, 9.17) is 10.5 Å². The summed E-state index contributed by atoms with van der Waals surface area (Å²) in [6, 6.07) is 10.2. The Bertz CT molecular complexity index is 262. The van der Waals surface area contributed by atoms with Crippen molar-refractivity contribution >= 4 is 0 Å². The van der Waals surface area contributed by atoms with Crippen molar-refractivity contribution in [3.63, 3.8) is 0 Å². The standard InChI is InChI=1S/C12H20N2O/c1-14(2)8-12(13)10-15-9-11-6-4-3-5-7-11/h3-7,12H,8-10,13H2,1-2H3/t12-/m0/s1. The molecule has 0 aromatic heterocycles. The third kappa shape index (κ3) is 5.52. The van der Waals surface area contributed by atoms with Crippen molar-refractivity contribution in [2.45, 2.75) is 12.6 Å². The van der Waals surface area contributed by atoms with Crippen molar-refractivity contribution < 1.29 is 4.74 Å². The molecule has 0 saturated carbocycles. The van der Waals surface area contributed by atoms with E-state index in [0.29, 0.717) is 13.2 Å². The Kier molecular flexibility index (Phi) is 5.32. The SMILES string of the molecule is CN(C)C[C@H](N)COCc1ccccc1. The lowest BCUT2D eigenvalue weighted by Crippen LogP contribution is -2.36. The lowest BCUT2D eigenvalue weighted by atomic mass is 10.2. The van der Waals surface area contributed by atoms with Gasteiger partial charge in [0.1, 0.15) is 0 Å². The average molecular weight is 208 g/mol. The van der Waals surface area contributed by atoms with Gasteiger partial charge in [-0.05, 0) is 19.7 Å². The largest absolute Gasteiger partial charge is 0.375 e. The third-order valence-electron chi connectivity index (χ3n) is 2.04. The Labute approximate surface area is 91.8 Å². The fraction of sp³-hybridized carbons (Fsp3) is 0.500. The van der Waals surface area contributed by atoms with Gasteiger partial charge < -0.3 is 15.4 Å². The van der Waals surface area contributed by atoms with Crippen molar-refractivity contribution in [1.82, 2.24) is 4.90 Å². The minimum Gasteiger partial charge on any atom is -0.375 e. The van der Waals surface area contributed by atoms with Crippen LogP contribution in [0.2, 0.25) is 0 Å². The van der Waals surface area contributed by atoms with Crippen molar-refractivity contribution in [2.75, 3.05) is 27.2 Å². The van der Waals surface area contributed by atoms with E-state index in [1.54, 1.807) is 0 Å². The molecule has 0 unspecified atom stereocenters. The van der Waals surface area contributed by atoms with Gasteiger partial charge in [0.2, 0.25) is 0 Å². The number of benzene rings is 1. The topological polar surface area (TPSA) is 38.5 Å². The highest BCUT2D eigenvalue weighted by Crippen LogP contribution is 2.00. The van der Waals surface area contributed by atoms with Gasteiger partial charge in [-0.25, -0.2) is 0 Å². The Hall–Kier alpha value is -0.900. The summed E-state index contributed by atoms with van der Waals surface area (Å²) in [4.78, 5) is 2.07. The summed E-state index contributed by atoms with van der Waals surface area (Å²) >= 11 is 0. The summed E-state index contributed by atoms with van der Waals surface area (Å²) in [5, 5.41) is 0. The summed E-state index contributed by atoms with van der Waals surface area (Å²) in [6.07, 6.45) is 0. The number of rotatable bonds is 6. The van der Waals surface area contributed by atoms with E-state index in [0.717, 1.165) is 6.54 Å². The Morgan fingerprint density at radius 3 is 2.53 bits per heavy atom. The molecule has 1 aromatic carbocycles. The second-order valence-corrected chi connectivity index (χ2v) is 4.02. The molecular weight excluding hydrogens is 188 g/mol. The second kappa shape index (κ2) is 6.56. The van der Waals surface area contributed by atoms with Gasteiger partial charge in [0.15, 0.2) is 0 Å². The number of hydrogen-bond donors (Lipinski definition) is 1. The fourth-order valence-electron chi connectivity index (χ4n) is 1.42. The quantitative estimate of drug-likeness (QED) is 0.760. The van der Waals surface area contributed by atoms with Gasteiger partial charge in [-0.3, -0.25) is 0 Å². The maximum absolute atomic E-state index is 5.87. The second-order valence-electron chi connectivity index (χ2n) is 4.02. The number of ether oxygens (including phenoxy) is 1. The molecule has 3 nitrogen and oxygen atoms in total. The molecular formula is C12H20N2O. The van der Waals surface area contributed by atoms with E-state index >= 15 is 0 Å². The first-order valence-corrected chi connectivity index (χ1v) is 5.20. The van der Waals surface area contributed by atoms with E-state index in [1.165, 1.54) is 5.56 Å². The first-order chi connectivity index (χ1) is 7.18. The molecule has 1 rings (SSSR count). The Balaban J connectivity index is 2.16. The van der Waals surface area contributed by atoms with Crippen LogP contribution in [0.25, 0.3) is 0 Å². The molecule has 0 aliphatic heterocycles. The maximum atomic E-state index is 5.87. The molecule has 84 valence electrons. The van der Waals surface area contributed by atoms with Crippen molar-refractivity contribution in [1.29, 1.82) is 0 Å². The fourth-order valence-corrected chi connectivity index (χ4v) is 1.42.